The molecule has 3 amide bonds. The smallest absolute Gasteiger partial charge is 0.323 e. The molecule has 1 aromatic rings. The van der Waals surface area contributed by atoms with Crippen molar-refractivity contribution >= 4 is 17.9 Å². The molecule has 19 heavy (non-hydrogen) atoms. The standard InChI is InChI=1S/C12H13N3O4/c1-13-8-10(16)15(12(18)14(13)2)19-11(17)9-6-4-3-5-7-9/h3-7H,8H2,1-2H3. The van der Waals surface area contributed by atoms with E-state index in [-0.39, 0.29) is 12.1 Å². The van der Waals surface area contributed by atoms with Crippen LogP contribution in [0.5, 0.6) is 0 Å². The van der Waals surface area contributed by atoms with Gasteiger partial charge in [0, 0.05) is 14.1 Å². The first-order valence-electron chi connectivity index (χ1n) is 5.59. The molecule has 0 N–H and O–H groups in total. The third kappa shape index (κ3) is 2.55. The van der Waals surface area contributed by atoms with Crippen molar-refractivity contribution in [3.8, 4) is 0 Å². The van der Waals surface area contributed by atoms with E-state index in [0.29, 0.717) is 5.06 Å². The summed E-state index contributed by atoms with van der Waals surface area (Å²) < 4.78 is 0. The van der Waals surface area contributed by atoms with Crippen LogP contribution in [0.2, 0.25) is 0 Å². The van der Waals surface area contributed by atoms with E-state index < -0.39 is 17.9 Å². The quantitative estimate of drug-likeness (QED) is 0.777. The van der Waals surface area contributed by atoms with E-state index in [1.54, 1.807) is 25.2 Å². The lowest BCUT2D eigenvalue weighted by Gasteiger charge is -2.36. The summed E-state index contributed by atoms with van der Waals surface area (Å²) >= 11 is 0. The molecule has 1 aliphatic heterocycles. The van der Waals surface area contributed by atoms with Gasteiger partial charge in [-0.25, -0.2) is 14.6 Å². The maximum atomic E-state index is 11.8. The molecule has 0 spiro atoms. The summed E-state index contributed by atoms with van der Waals surface area (Å²) in [6.07, 6.45) is 0. The predicted molar refractivity (Wildman–Crippen MR) is 64.5 cm³/mol. The van der Waals surface area contributed by atoms with Crippen molar-refractivity contribution in [2.45, 2.75) is 0 Å². The minimum atomic E-state index is -0.750. The van der Waals surface area contributed by atoms with Crippen LogP contribution in [0.15, 0.2) is 30.3 Å². The van der Waals surface area contributed by atoms with Crippen molar-refractivity contribution < 1.29 is 19.2 Å². The molecule has 100 valence electrons. The van der Waals surface area contributed by atoms with Crippen molar-refractivity contribution in [2.24, 2.45) is 0 Å². The molecule has 0 bridgehead atoms. The van der Waals surface area contributed by atoms with Crippen LogP contribution in [0.3, 0.4) is 0 Å². The fraction of sp³-hybridized carbons (Fsp3) is 0.250. The van der Waals surface area contributed by atoms with E-state index in [9.17, 15) is 14.4 Å². The molecule has 0 radical (unpaired) electrons. The second kappa shape index (κ2) is 5.07. The number of hydrogen-bond acceptors (Lipinski definition) is 5. The van der Waals surface area contributed by atoms with Crippen molar-refractivity contribution in [2.75, 3.05) is 20.6 Å². The molecular formula is C12H13N3O4. The Kier molecular flexibility index (Phi) is 3.48. The Labute approximate surface area is 109 Å². The maximum Gasteiger partial charge on any atom is 0.375 e. The highest BCUT2D eigenvalue weighted by Gasteiger charge is 2.36. The maximum absolute atomic E-state index is 11.8. The molecule has 7 nitrogen and oxygen atoms in total. The van der Waals surface area contributed by atoms with Crippen LogP contribution >= 0.6 is 0 Å². The zero-order valence-electron chi connectivity index (χ0n) is 10.6. The topological polar surface area (TPSA) is 70.2 Å². The molecule has 2 rings (SSSR count). The molecule has 1 aliphatic rings. The fourth-order valence-electron chi connectivity index (χ4n) is 1.55. The summed E-state index contributed by atoms with van der Waals surface area (Å²) in [5.74, 6) is -1.34. The predicted octanol–water partition coefficient (Wildman–Crippen LogP) is 0.499. The number of imide groups is 1. The van der Waals surface area contributed by atoms with Gasteiger partial charge >= 0.3 is 12.0 Å². The highest BCUT2D eigenvalue weighted by molar-refractivity contribution is 5.98. The number of nitrogens with zero attached hydrogens (tertiary/aromatic N) is 3. The average Bonchev–Trinajstić information content (AvgIpc) is 2.42. The van der Waals surface area contributed by atoms with Gasteiger partial charge in [0.25, 0.3) is 5.91 Å². The summed E-state index contributed by atoms with van der Waals surface area (Å²) in [5, 5.41) is 3.10. The van der Waals surface area contributed by atoms with Crippen LogP contribution in [-0.4, -0.2) is 53.6 Å². The first kappa shape index (κ1) is 13.0. The average molecular weight is 263 g/mol. The Balaban J connectivity index is 2.12. The van der Waals surface area contributed by atoms with Crippen LogP contribution in [0.25, 0.3) is 0 Å². The van der Waals surface area contributed by atoms with Gasteiger partial charge in [-0.3, -0.25) is 9.80 Å². The van der Waals surface area contributed by atoms with E-state index in [2.05, 4.69) is 0 Å². The molecule has 1 heterocycles. The van der Waals surface area contributed by atoms with Crippen molar-refractivity contribution in [3.05, 3.63) is 35.9 Å². The van der Waals surface area contributed by atoms with Gasteiger partial charge in [-0.2, -0.15) is 0 Å². The second-order valence-corrected chi connectivity index (χ2v) is 4.05. The van der Waals surface area contributed by atoms with Crippen LogP contribution in [0.1, 0.15) is 10.4 Å². The van der Waals surface area contributed by atoms with E-state index in [4.69, 9.17) is 4.84 Å². The Morgan fingerprint density at radius 3 is 2.42 bits per heavy atom. The third-order valence-corrected chi connectivity index (χ3v) is 2.74. The monoisotopic (exact) mass is 263 g/mol. The highest BCUT2D eigenvalue weighted by Crippen LogP contribution is 2.11. The number of benzene rings is 1. The van der Waals surface area contributed by atoms with Gasteiger partial charge in [0.15, 0.2) is 0 Å². The number of amides is 3. The zero-order chi connectivity index (χ0) is 14.0. The summed E-state index contributed by atoms with van der Waals surface area (Å²) in [6.45, 7) is -0.0374. The Morgan fingerprint density at radius 2 is 1.79 bits per heavy atom. The number of likely N-dealkylation sites (N-methyl/N-ethyl adjacent to an activating group) is 1. The van der Waals surface area contributed by atoms with Gasteiger partial charge in [0.2, 0.25) is 0 Å². The van der Waals surface area contributed by atoms with Crippen LogP contribution < -0.4 is 0 Å². The fourth-order valence-corrected chi connectivity index (χ4v) is 1.55. The lowest BCUT2D eigenvalue weighted by Crippen LogP contribution is -2.59. The van der Waals surface area contributed by atoms with Crippen LogP contribution in [0.4, 0.5) is 4.79 Å². The third-order valence-electron chi connectivity index (χ3n) is 2.74. The molecule has 0 aromatic heterocycles. The van der Waals surface area contributed by atoms with Crippen LogP contribution in [0, 0.1) is 0 Å². The number of hydroxylamine groups is 2. The number of rotatable bonds is 2. The summed E-state index contributed by atoms with van der Waals surface area (Å²) in [6, 6.07) is 7.44. The van der Waals surface area contributed by atoms with Gasteiger partial charge < -0.3 is 4.84 Å². The summed E-state index contributed by atoms with van der Waals surface area (Å²) in [5.41, 5.74) is 0.268. The van der Waals surface area contributed by atoms with Crippen molar-refractivity contribution in [3.63, 3.8) is 0 Å². The largest absolute Gasteiger partial charge is 0.375 e. The van der Waals surface area contributed by atoms with Crippen molar-refractivity contribution in [1.82, 2.24) is 15.1 Å². The van der Waals surface area contributed by atoms with Gasteiger partial charge in [-0.15, -0.1) is 0 Å². The first-order valence-corrected chi connectivity index (χ1v) is 5.59. The number of hydrazine groups is 1. The number of urea groups is 1. The molecule has 0 aliphatic carbocycles. The van der Waals surface area contributed by atoms with Crippen molar-refractivity contribution in [1.29, 1.82) is 0 Å². The van der Waals surface area contributed by atoms with Gasteiger partial charge in [0.1, 0.15) is 6.54 Å². The first-order chi connectivity index (χ1) is 9.00. The van der Waals surface area contributed by atoms with Crippen LogP contribution in [-0.2, 0) is 9.63 Å². The Bertz CT molecular complexity index is 517. The number of carbonyl (C=O) groups is 3. The van der Waals surface area contributed by atoms with E-state index in [1.165, 1.54) is 29.2 Å². The van der Waals surface area contributed by atoms with E-state index in [1.807, 2.05) is 0 Å². The zero-order valence-corrected chi connectivity index (χ0v) is 10.6. The Hall–Kier alpha value is -2.41. The molecule has 7 heteroatoms. The minimum Gasteiger partial charge on any atom is -0.323 e. The molecule has 0 unspecified atom stereocenters. The van der Waals surface area contributed by atoms with Gasteiger partial charge in [0.05, 0.1) is 5.56 Å². The highest BCUT2D eigenvalue weighted by atomic mass is 16.7. The summed E-state index contributed by atoms with van der Waals surface area (Å²) in [7, 11) is 3.07. The van der Waals surface area contributed by atoms with E-state index >= 15 is 0 Å². The molecule has 1 saturated heterocycles. The second-order valence-electron chi connectivity index (χ2n) is 4.05. The summed E-state index contributed by atoms with van der Waals surface area (Å²) in [4.78, 5) is 40.2. The SMILES string of the molecule is CN1CC(=O)N(OC(=O)c2ccccc2)C(=O)N1C. The van der Waals surface area contributed by atoms with Gasteiger partial charge in [-0.1, -0.05) is 23.3 Å². The lowest BCUT2D eigenvalue weighted by molar-refractivity contribution is -0.172. The van der Waals surface area contributed by atoms with Gasteiger partial charge in [-0.05, 0) is 12.1 Å². The normalized spacial score (nSPS) is 16.7. The molecule has 0 saturated carbocycles. The molecule has 1 aromatic carbocycles. The lowest BCUT2D eigenvalue weighted by atomic mass is 10.2. The Morgan fingerprint density at radius 1 is 1.16 bits per heavy atom. The van der Waals surface area contributed by atoms with E-state index in [0.717, 1.165) is 0 Å². The minimum absolute atomic E-state index is 0.0374. The molecule has 0 atom stereocenters. The molecular weight excluding hydrogens is 250 g/mol. The number of hydrogen-bond donors (Lipinski definition) is 0. The molecule has 1 fully saturated rings. The number of carbonyl (C=O) groups excluding carboxylic acids is 3.